The van der Waals surface area contributed by atoms with Gasteiger partial charge >= 0.3 is 0 Å². The SMILES string of the molecule is O[C@@H](CCl)Cc1ccccc1-c1ccccc1. The molecule has 0 heterocycles. The van der Waals surface area contributed by atoms with E-state index in [0.29, 0.717) is 6.42 Å². The van der Waals surface area contributed by atoms with E-state index in [1.165, 1.54) is 5.56 Å². The maximum Gasteiger partial charge on any atom is 0.0716 e. The van der Waals surface area contributed by atoms with Gasteiger partial charge < -0.3 is 5.11 Å². The first-order chi connectivity index (χ1) is 8.31. The maximum absolute atomic E-state index is 9.65. The average Bonchev–Trinajstić information content (AvgIpc) is 2.40. The molecule has 2 rings (SSSR count). The quantitative estimate of drug-likeness (QED) is 0.819. The summed E-state index contributed by atoms with van der Waals surface area (Å²) in [6, 6.07) is 18.3. The fraction of sp³-hybridized carbons (Fsp3) is 0.200. The van der Waals surface area contributed by atoms with Crippen LogP contribution in [0.1, 0.15) is 5.56 Å². The van der Waals surface area contributed by atoms with Gasteiger partial charge in [0.25, 0.3) is 0 Å². The van der Waals surface area contributed by atoms with E-state index in [9.17, 15) is 5.11 Å². The molecule has 1 atom stereocenters. The summed E-state index contributed by atoms with van der Waals surface area (Å²) in [5.41, 5.74) is 3.47. The molecule has 88 valence electrons. The van der Waals surface area contributed by atoms with E-state index in [0.717, 1.165) is 11.1 Å². The van der Waals surface area contributed by atoms with Crippen LogP contribution in [0, 0.1) is 0 Å². The van der Waals surface area contributed by atoms with Gasteiger partial charge in [-0.2, -0.15) is 0 Å². The summed E-state index contributed by atoms with van der Waals surface area (Å²) >= 11 is 5.65. The molecule has 2 aromatic carbocycles. The second kappa shape index (κ2) is 5.85. The Labute approximate surface area is 107 Å². The van der Waals surface area contributed by atoms with Crippen LogP contribution in [-0.2, 0) is 6.42 Å². The molecule has 0 spiro atoms. The minimum absolute atomic E-state index is 0.267. The van der Waals surface area contributed by atoms with Crippen molar-refractivity contribution in [3.05, 3.63) is 60.2 Å². The normalized spacial score (nSPS) is 12.4. The number of hydrogen-bond acceptors (Lipinski definition) is 1. The molecule has 0 bridgehead atoms. The van der Waals surface area contributed by atoms with Gasteiger partial charge in [0.05, 0.1) is 6.10 Å². The van der Waals surface area contributed by atoms with Crippen LogP contribution < -0.4 is 0 Å². The van der Waals surface area contributed by atoms with Crippen molar-refractivity contribution in [2.45, 2.75) is 12.5 Å². The summed E-state index contributed by atoms with van der Waals surface area (Å²) in [4.78, 5) is 0. The van der Waals surface area contributed by atoms with Gasteiger partial charge in [-0.1, -0.05) is 54.6 Å². The summed E-state index contributed by atoms with van der Waals surface area (Å²) in [7, 11) is 0. The predicted octanol–water partition coefficient (Wildman–Crippen LogP) is 3.50. The Balaban J connectivity index is 2.34. The Morgan fingerprint density at radius 2 is 1.59 bits per heavy atom. The third kappa shape index (κ3) is 3.09. The lowest BCUT2D eigenvalue weighted by Crippen LogP contribution is -2.12. The molecule has 0 aliphatic carbocycles. The Kier molecular flexibility index (Phi) is 4.18. The van der Waals surface area contributed by atoms with Crippen molar-refractivity contribution in [1.82, 2.24) is 0 Å². The smallest absolute Gasteiger partial charge is 0.0716 e. The van der Waals surface area contributed by atoms with E-state index >= 15 is 0 Å². The summed E-state index contributed by atoms with van der Waals surface area (Å²) < 4.78 is 0. The molecule has 0 saturated heterocycles. The molecule has 2 heteroatoms. The first-order valence-electron chi connectivity index (χ1n) is 5.68. The van der Waals surface area contributed by atoms with Gasteiger partial charge in [0.2, 0.25) is 0 Å². The topological polar surface area (TPSA) is 20.2 Å². The lowest BCUT2D eigenvalue weighted by atomic mass is 9.96. The van der Waals surface area contributed by atoms with Crippen molar-refractivity contribution in [2.75, 3.05) is 5.88 Å². The molecule has 0 unspecified atom stereocenters. The Hall–Kier alpha value is -1.31. The molecule has 0 aliphatic rings. The lowest BCUT2D eigenvalue weighted by Gasteiger charge is -2.12. The zero-order valence-electron chi connectivity index (χ0n) is 9.51. The van der Waals surface area contributed by atoms with Gasteiger partial charge in [-0.05, 0) is 16.7 Å². The van der Waals surface area contributed by atoms with E-state index in [-0.39, 0.29) is 5.88 Å². The first kappa shape index (κ1) is 12.2. The number of benzene rings is 2. The summed E-state index contributed by atoms with van der Waals surface area (Å²) in [5, 5.41) is 9.65. The van der Waals surface area contributed by atoms with E-state index < -0.39 is 6.10 Å². The number of rotatable bonds is 4. The highest BCUT2D eigenvalue weighted by Gasteiger charge is 2.08. The zero-order valence-corrected chi connectivity index (χ0v) is 10.3. The number of hydrogen-bond donors (Lipinski definition) is 1. The van der Waals surface area contributed by atoms with Gasteiger partial charge in [0.15, 0.2) is 0 Å². The second-order valence-corrected chi connectivity index (χ2v) is 4.34. The number of halogens is 1. The number of aliphatic hydroxyl groups excluding tert-OH is 1. The van der Waals surface area contributed by atoms with Crippen molar-refractivity contribution in [2.24, 2.45) is 0 Å². The summed E-state index contributed by atoms with van der Waals surface area (Å²) in [6.07, 6.45) is 0.107. The van der Waals surface area contributed by atoms with E-state index in [1.54, 1.807) is 0 Å². The van der Waals surface area contributed by atoms with Gasteiger partial charge in [0.1, 0.15) is 0 Å². The molecule has 0 radical (unpaired) electrons. The van der Waals surface area contributed by atoms with Crippen molar-refractivity contribution in [3.8, 4) is 11.1 Å². The molecule has 2 aromatic rings. The molecule has 0 aliphatic heterocycles. The van der Waals surface area contributed by atoms with Gasteiger partial charge in [-0.15, -0.1) is 11.6 Å². The second-order valence-electron chi connectivity index (χ2n) is 4.04. The van der Waals surface area contributed by atoms with Gasteiger partial charge in [-0.25, -0.2) is 0 Å². The Bertz CT molecular complexity index is 467. The van der Waals surface area contributed by atoms with Crippen LogP contribution >= 0.6 is 11.6 Å². The summed E-state index contributed by atoms with van der Waals surface area (Å²) in [6.45, 7) is 0. The average molecular weight is 247 g/mol. The highest BCUT2D eigenvalue weighted by molar-refractivity contribution is 6.18. The fourth-order valence-corrected chi connectivity index (χ4v) is 2.02. The highest BCUT2D eigenvalue weighted by Crippen LogP contribution is 2.24. The van der Waals surface area contributed by atoms with Gasteiger partial charge in [0, 0.05) is 12.3 Å². The predicted molar refractivity (Wildman–Crippen MR) is 72.3 cm³/mol. The molecule has 1 nitrogen and oxygen atoms in total. The molecule has 0 fully saturated rings. The standard InChI is InChI=1S/C15H15ClO/c16-11-14(17)10-13-8-4-5-9-15(13)12-6-2-1-3-7-12/h1-9,14,17H,10-11H2/t14-/m1/s1. The van der Waals surface area contributed by atoms with E-state index in [1.807, 2.05) is 36.4 Å². The molecule has 0 amide bonds. The van der Waals surface area contributed by atoms with Crippen LogP contribution in [-0.4, -0.2) is 17.1 Å². The van der Waals surface area contributed by atoms with Crippen molar-refractivity contribution >= 4 is 11.6 Å². The third-order valence-electron chi connectivity index (χ3n) is 2.74. The molecular weight excluding hydrogens is 232 g/mol. The number of alkyl halides is 1. The Morgan fingerprint density at radius 1 is 0.941 bits per heavy atom. The van der Waals surface area contributed by atoms with Crippen LogP contribution in [0.4, 0.5) is 0 Å². The minimum atomic E-state index is -0.485. The third-order valence-corrected chi connectivity index (χ3v) is 3.09. The molecule has 0 aromatic heterocycles. The molecule has 17 heavy (non-hydrogen) atoms. The molecular formula is C15H15ClO. The lowest BCUT2D eigenvalue weighted by molar-refractivity contribution is 0.199. The van der Waals surface area contributed by atoms with Crippen LogP contribution in [0.25, 0.3) is 11.1 Å². The van der Waals surface area contributed by atoms with Crippen molar-refractivity contribution < 1.29 is 5.11 Å². The fourth-order valence-electron chi connectivity index (χ4n) is 1.91. The monoisotopic (exact) mass is 246 g/mol. The van der Waals surface area contributed by atoms with E-state index in [2.05, 4.69) is 18.2 Å². The molecule has 1 N–H and O–H groups in total. The largest absolute Gasteiger partial charge is 0.392 e. The van der Waals surface area contributed by atoms with Crippen molar-refractivity contribution in [1.29, 1.82) is 0 Å². The van der Waals surface area contributed by atoms with Crippen LogP contribution in [0.5, 0.6) is 0 Å². The minimum Gasteiger partial charge on any atom is -0.392 e. The molecule has 0 saturated carbocycles. The van der Waals surface area contributed by atoms with Crippen LogP contribution in [0.3, 0.4) is 0 Å². The first-order valence-corrected chi connectivity index (χ1v) is 6.22. The zero-order chi connectivity index (χ0) is 12.1. The van der Waals surface area contributed by atoms with Crippen molar-refractivity contribution in [3.63, 3.8) is 0 Å². The highest BCUT2D eigenvalue weighted by atomic mass is 35.5. The van der Waals surface area contributed by atoms with E-state index in [4.69, 9.17) is 11.6 Å². The Morgan fingerprint density at radius 3 is 2.29 bits per heavy atom. The summed E-state index contributed by atoms with van der Waals surface area (Å²) in [5.74, 6) is 0.267. The van der Waals surface area contributed by atoms with Gasteiger partial charge in [-0.3, -0.25) is 0 Å². The van der Waals surface area contributed by atoms with Crippen LogP contribution in [0.2, 0.25) is 0 Å². The maximum atomic E-state index is 9.65. The van der Waals surface area contributed by atoms with Crippen LogP contribution in [0.15, 0.2) is 54.6 Å². The number of aliphatic hydroxyl groups is 1.